The number of hydrogen-bond donors (Lipinski definition) is 2. The highest BCUT2D eigenvalue weighted by Crippen LogP contribution is 2.34. The van der Waals surface area contributed by atoms with E-state index < -0.39 is 0 Å². The fourth-order valence-corrected chi connectivity index (χ4v) is 2.91. The molecule has 0 unspecified atom stereocenters. The molecule has 1 aliphatic rings. The van der Waals surface area contributed by atoms with E-state index in [1.54, 1.807) is 18.5 Å². The van der Waals surface area contributed by atoms with Crippen LogP contribution in [0.5, 0.6) is 0 Å². The number of nitriles is 1. The molecule has 6 nitrogen and oxygen atoms in total. The number of rotatable bonds is 3. The normalized spacial score (nSPS) is 21.3. The molecule has 1 amide bonds. The second-order valence-electron chi connectivity index (χ2n) is 5.69. The van der Waals surface area contributed by atoms with Gasteiger partial charge in [-0.3, -0.25) is 9.78 Å². The Morgan fingerprint density at radius 2 is 2.18 bits per heavy atom. The van der Waals surface area contributed by atoms with Crippen molar-refractivity contribution in [2.24, 2.45) is 5.92 Å². The van der Waals surface area contributed by atoms with Gasteiger partial charge in [-0.05, 0) is 25.7 Å². The Kier molecular flexibility index (Phi) is 3.96. The average molecular weight is 298 g/mol. The summed E-state index contributed by atoms with van der Waals surface area (Å²) in [6.45, 7) is 1.47. The van der Waals surface area contributed by atoms with Gasteiger partial charge < -0.3 is 15.1 Å². The lowest BCUT2D eigenvalue weighted by molar-refractivity contribution is -0.114. The maximum atomic E-state index is 11.4. The molecule has 0 saturated heterocycles. The van der Waals surface area contributed by atoms with Crippen molar-refractivity contribution in [3.63, 3.8) is 0 Å². The second kappa shape index (κ2) is 6.06. The molecular formula is C16H18N4O2. The second-order valence-corrected chi connectivity index (χ2v) is 5.69. The van der Waals surface area contributed by atoms with Gasteiger partial charge in [0.2, 0.25) is 5.91 Å². The van der Waals surface area contributed by atoms with Crippen LogP contribution in [0.3, 0.4) is 0 Å². The van der Waals surface area contributed by atoms with Gasteiger partial charge in [-0.2, -0.15) is 5.26 Å². The standard InChI is InChI=1S/C16H18N4O2/c1-10(21)19-14-9-18-13-6-7-22-16(13)15(14)20-12-4-2-11(8-17)3-5-12/h6-7,9,11-12H,2-5H2,1H3,(H,18,20)(H,19,21). The van der Waals surface area contributed by atoms with Gasteiger partial charge in [0.1, 0.15) is 11.2 Å². The fourth-order valence-electron chi connectivity index (χ4n) is 2.91. The summed E-state index contributed by atoms with van der Waals surface area (Å²) < 4.78 is 5.53. The number of carbonyl (C=O) groups excluding carboxylic acids is 1. The smallest absolute Gasteiger partial charge is 0.221 e. The molecule has 1 aliphatic carbocycles. The van der Waals surface area contributed by atoms with Gasteiger partial charge >= 0.3 is 0 Å². The molecule has 0 radical (unpaired) electrons. The highest BCUT2D eigenvalue weighted by molar-refractivity contribution is 6.00. The van der Waals surface area contributed by atoms with Crippen LogP contribution in [0.25, 0.3) is 11.1 Å². The molecule has 2 N–H and O–H groups in total. The van der Waals surface area contributed by atoms with Crippen molar-refractivity contribution in [3.8, 4) is 6.07 Å². The predicted molar refractivity (Wildman–Crippen MR) is 83.3 cm³/mol. The van der Waals surface area contributed by atoms with Crippen LogP contribution in [0.4, 0.5) is 11.4 Å². The van der Waals surface area contributed by atoms with Crippen LogP contribution in [0.2, 0.25) is 0 Å². The quantitative estimate of drug-likeness (QED) is 0.907. The molecule has 2 aromatic heterocycles. The Bertz CT molecular complexity index is 723. The van der Waals surface area contributed by atoms with Gasteiger partial charge in [0.15, 0.2) is 5.58 Å². The fraction of sp³-hybridized carbons (Fsp3) is 0.438. The van der Waals surface area contributed by atoms with Crippen molar-refractivity contribution in [3.05, 3.63) is 18.5 Å². The van der Waals surface area contributed by atoms with Crippen molar-refractivity contribution in [1.29, 1.82) is 5.26 Å². The summed E-state index contributed by atoms with van der Waals surface area (Å²) in [7, 11) is 0. The lowest BCUT2D eigenvalue weighted by atomic mass is 9.87. The molecule has 0 bridgehead atoms. The third-order valence-corrected chi connectivity index (χ3v) is 4.04. The van der Waals surface area contributed by atoms with E-state index in [4.69, 9.17) is 9.68 Å². The highest BCUT2D eigenvalue weighted by atomic mass is 16.3. The minimum Gasteiger partial charge on any atom is -0.460 e. The Balaban J connectivity index is 1.86. The first-order valence-electron chi connectivity index (χ1n) is 7.47. The number of carbonyl (C=O) groups is 1. The number of hydrogen-bond acceptors (Lipinski definition) is 5. The van der Waals surface area contributed by atoms with E-state index in [1.807, 2.05) is 0 Å². The zero-order chi connectivity index (χ0) is 15.5. The number of amides is 1. The van der Waals surface area contributed by atoms with Crippen molar-refractivity contribution in [2.75, 3.05) is 10.6 Å². The maximum absolute atomic E-state index is 11.4. The monoisotopic (exact) mass is 298 g/mol. The van der Waals surface area contributed by atoms with Crippen LogP contribution >= 0.6 is 0 Å². The lowest BCUT2D eigenvalue weighted by Crippen LogP contribution is -2.26. The van der Waals surface area contributed by atoms with E-state index in [0.717, 1.165) is 36.9 Å². The van der Waals surface area contributed by atoms with Gasteiger partial charge in [0.05, 0.1) is 24.2 Å². The minimum atomic E-state index is -0.149. The van der Waals surface area contributed by atoms with Crippen LogP contribution in [0, 0.1) is 17.2 Å². The Morgan fingerprint density at radius 3 is 2.86 bits per heavy atom. The Hall–Kier alpha value is -2.55. The summed E-state index contributed by atoms with van der Waals surface area (Å²) in [5.41, 5.74) is 2.79. The number of nitrogens with one attached hydrogen (secondary N) is 2. The zero-order valence-electron chi connectivity index (χ0n) is 12.4. The molecule has 2 heterocycles. The molecule has 1 saturated carbocycles. The number of nitrogens with zero attached hydrogens (tertiary/aromatic N) is 2. The lowest BCUT2D eigenvalue weighted by Gasteiger charge is -2.27. The number of furan rings is 1. The third-order valence-electron chi connectivity index (χ3n) is 4.04. The average Bonchev–Trinajstić information content (AvgIpc) is 2.98. The highest BCUT2D eigenvalue weighted by Gasteiger charge is 2.23. The SMILES string of the molecule is CC(=O)Nc1cnc2ccoc2c1NC1CCC(C#N)CC1. The first-order chi connectivity index (χ1) is 10.7. The summed E-state index contributed by atoms with van der Waals surface area (Å²) >= 11 is 0. The van der Waals surface area contributed by atoms with Crippen molar-refractivity contribution in [2.45, 2.75) is 38.6 Å². The van der Waals surface area contributed by atoms with Gasteiger partial charge in [-0.15, -0.1) is 0 Å². The van der Waals surface area contributed by atoms with E-state index in [1.165, 1.54) is 6.92 Å². The first kappa shape index (κ1) is 14.4. The topological polar surface area (TPSA) is 90.9 Å². The molecular weight excluding hydrogens is 280 g/mol. The minimum absolute atomic E-state index is 0.149. The largest absolute Gasteiger partial charge is 0.460 e. The van der Waals surface area contributed by atoms with Gasteiger partial charge in [-0.25, -0.2) is 0 Å². The van der Waals surface area contributed by atoms with Gasteiger partial charge in [-0.1, -0.05) is 0 Å². The zero-order valence-corrected chi connectivity index (χ0v) is 12.4. The van der Waals surface area contributed by atoms with Crippen LogP contribution < -0.4 is 10.6 Å². The predicted octanol–water partition coefficient (Wildman–Crippen LogP) is 3.28. The molecule has 2 aromatic rings. The molecule has 6 heteroatoms. The number of anilines is 2. The third kappa shape index (κ3) is 2.89. The van der Waals surface area contributed by atoms with Crippen molar-refractivity contribution >= 4 is 28.4 Å². The van der Waals surface area contributed by atoms with E-state index >= 15 is 0 Å². The summed E-state index contributed by atoms with van der Waals surface area (Å²) in [6.07, 6.45) is 6.89. The van der Waals surface area contributed by atoms with Crippen LogP contribution in [0.1, 0.15) is 32.6 Å². The summed E-state index contributed by atoms with van der Waals surface area (Å²) in [6, 6.07) is 4.41. The first-order valence-corrected chi connectivity index (χ1v) is 7.47. The number of fused-ring (bicyclic) bond motifs is 1. The van der Waals surface area contributed by atoms with E-state index in [2.05, 4.69) is 21.7 Å². The molecule has 0 spiro atoms. The Morgan fingerprint density at radius 1 is 1.41 bits per heavy atom. The summed E-state index contributed by atoms with van der Waals surface area (Å²) in [5.74, 6) is 0.0119. The van der Waals surface area contributed by atoms with E-state index in [-0.39, 0.29) is 17.9 Å². The van der Waals surface area contributed by atoms with Crippen molar-refractivity contribution in [1.82, 2.24) is 4.98 Å². The molecule has 0 aliphatic heterocycles. The summed E-state index contributed by atoms with van der Waals surface area (Å²) in [5, 5.41) is 15.2. The van der Waals surface area contributed by atoms with Crippen molar-refractivity contribution < 1.29 is 9.21 Å². The van der Waals surface area contributed by atoms with E-state index in [0.29, 0.717) is 11.3 Å². The Labute approximate surface area is 128 Å². The molecule has 3 rings (SSSR count). The molecule has 22 heavy (non-hydrogen) atoms. The van der Waals surface area contributed by atoms with Crippen LogP contribution in [-0.4, -0.2) is 16.9 Å². The van der Waals surface area contributed by atoms with Crippen LogP contribution in [0.15, 0.2) is 22.9 Å². The summed E-state index contributed by atoms with van der Waals surface area (Å²) in [4.78, 5) is 15.7. The maximum Gasteiger partial charge on any atom is 0.221 e. The van der Waals surface area contributed by atoms with Gasteiger partial charge in [0, 0.05) is 24.9 Å². The molecule has 1 fully saturated rings. The molecule has 114 valence electrons. The van der Waals surface area contributed by atoms with Gasteiger partial charge in [0.25, 0.3) is 0 Å². The molecule has 0 atom stereocenters. The van der Waals surface area contributed by atoms with E-state index in [9.17, 15) is 4.79 Å². The van der Waals surface area contributed by atoms with Crippen LogP contribution in [-0.2, 0) is 4.79 Å². The molecule has 0 aromatic carbocycles. The number of aromatic nitrogens is 1. The number of pyridine rings is 1.